The summed E-state index contributed by atoms with van der Waals surface area (Å²) >= 11 is 0. The molecule has 1 aliphatic rings. The fourth-order valence-electron chi connectivity index (χ4n) is 2.05. The molecule has 2 heteroatoms. The number of allylic oxidation sites excluding steroid dienone is 2. The summed E-state index contributed by atoms with van der Waals surface area (Å²) in [6.45, 7) is 6.83. The van der Waals surface area contributed by atoms with E-state index in [2.05, 4.69) is 35.9 Å². The molecule has 1 saturated carbocycles. The molecule has 86 valence electrons. The molecule has 0 bridgehead atoms. The molecule has 0 aliphatic heterocycles. The van der Waals surface area contributed by atoms with Crippen LogP contribution in [0.15, 0.2) is 31.0 Å². The molecule has 1 heterocycles. The van der Waals surface area contributed by atoms with E-state index in [9.17, 15) is 0 Å². The number of rotatable bonds is 5. The van der Waals surface area contributed by atoms with Crippen molar-refractivity contribution in [2.24, 2.45) is 0 Å². The van der Waals surface area contributed by atoms with Crippen molar-refractivity contribution in [3.05, 3.63) is 42.3 Å². The lowest BCUT2D eigenvalue weighted by molar-refractivity contribution is 0.353. The lowest BCUT2D eigenvalue weighted by Gasteiger charge is -2.27. The Morgan fingerprint density at radius 1 is 1.62 bits per heavy atom. The maximum atomic E-state index is 3.79. The standard InChI is InChI=1S/C14H20N2/c1-3-5-12(10-16-13-6-4-7-13)14-8-9-15-11(14)2/h3,5,8-9,13,15-16H,1,4,6-7,10H2,2H3/b12-5-. The van der Waals surface area contributed by atoms with Crippen LogP contribution in [0.25, 0.3) is 5.57 Å². The lowest BCUT2D eigenvalue weighted by Crippen LogP contribution is -2.36. The third-order valence-corrected chi connectivity index (χ3v) is 3.31. The summed E-state index contributed by atoms with van der Waals surface area (Å²) in [5.74, 6) is 0. The second kappa shape index (κ2) is 5.17. The molecule has 0 radical (unpaired) electrons. The highest BCUT2D eigenvalue weighted by Gasteiger charge is 2.17. The molecule has 2 nitrogen and oxygen atoms in total. The SMILES string of the molecule is C=C/C=C(/CNC1CCC1)c1cc[nH]c1C. The smallest absolute Gasteiger partial charge is 0.0214 e. The molecule has 1 aliphatic carbocycles. The van der Waals surface area contributed by atoms with Crippen LogP contribution < -0.4 is 5.32 Å². The molecule has 0 aromatic carbocycles. The van der Waals surface area contributed by atoms with Gasteiger partial charge in [-0.25, -0.2) is 0 Å². The van der Waals surface area contributed by atoms with Gasteiger partial charge in [0, 0.05) is 24.5 Å². The van der Waals surface area contributed by atoms with Gasteiger partial charge in [0.05, 0.1) is 0 Å². The normalized spacial score (nSPS) is 17.2. The zero-order chi connectivity index (χ0) is 11.4. The Hall–Kier alpha value is -1.28. The van der Waals surface area contributed by atoms with Gasteiger partial charge in [-0.2, -0.15) is 0 Å². The largest absolute Gasteiger partial charge is 0.365 e. The van der Waals surface area contributed by atoms with Gasteiger partial charge in [0.15, 0.2) is 0 Å². The Morgan fingerprint density at radius 3 is 2.94 bits per heavy atom. The van der Waals surface area contributed by atoms with Crippen LogP contribution in [0.3, 0.4) is 0 Å². The van der Waals surface area contributed by atoms with Gasteiger partial charge in [-0.1, -0.05) is 25.2 Å². The number of nitrogens with one attached hydrogen (secondary N) is 2. The van der Waals surface area contributed by atoms with E-state index in [1.165, 1.54) is 36.1 Å². The maximum Gasteiger partial charge on any atom is 0.0214 e. The number of aromatic nitrogens is 1. The van der Waals surface area contributed by atoms with E-state index in [1.54, 1.807) is 0 Å². The van der Waals surface area contributed by atoms with Crippen molar-refractivity contribution in [2.75, 3.05) is 6.54 Å². The molecule has 1 aromatic heterocycles. The zero-order valence-electron chi connectivity index (χ0n) is 9.92. The molecular weight excluding hydrogens is 196 g/mol. The van der Waals surface area contributed by atoms with Gasteiger partial charge in [0.2, 0.25) is 0 Å². The molecule has 1 aromatic rings. The van der Waals surface area contributed by atoms with Crippen molar-refractivity contribution in [1.82, 2.24) is 10.3 Å². The second-order valence-electron chi connectivity index (χ2n) is 4.45. The first kappa shape index (κ1) is 11.2. The quantitative estimate of drug-likeness (QED) is 0.727. The van der Waals surface area contributed by atoms with Crippen LogP contribution in [0.2, 0.25) is 0 Å². The van der Waals surface area contributed by atoms with Crippen molar-refractivity contribution >= 4 is 5.57 Å². The first-order valence-corrected chi connectivity index (χ1v) is 6.00. The average molecular weight is 216 g/mol. The maximum absolute atomic E-state index is 3.79. The lowest BCUT2D eigenvalue weighted by atomic mass is 9.92. The molecule has 2 N–H and O–H groups in total. The van der Waals surface area contributed by atoms with Crippen molar-refractivity contribution in [2.45, 2.75) is 32.2 Å². The summed E-state index contributed by atoms with van der Waals surface area (Å²) in [6, 6.07) is 2.86. The topological polar surface area (TPSA) is 27.8 Å². The molecule has 16 heavy (non-hydrogen) atoms. The Labute approximate surface area is 97.5 Å². The Balaban J connectivity index is 2.02. The molecule has 0 saturated heterocycles. The molecule has 0 spiro atoms. The van der Waals surface area contributed by atoms with Crippen LogP contribution in [0.5, 0.6) is 0 Å². The van der Waals surface area contributed by atoms with Gasteiger partial charge in [0.1, 0.15) is 0 Å². The van der Waals surface area contributed by atoms with Crippen molar-refractivity contribution in [3.63, 3.8) is 0 Å². The summed E-state index contributed by atoms with van der Waals surface area (Å²) in [5, 5.41) is 3.59. The highest BCUT2D eigenvalue weighted by molar-refractivity contribution is 5.70. The van der Waals surface area contributed by atoms with Crippen LogP contribution in [-0.2, 0) is 0 Å². The molecule has 2 rings (SSSR count). The highest BCUT2D eigenvalue weighted by Crippen LogP contribution is 2.21. The first-order chi connectivity index (χ1) is 7.81. The highest BCUT2D eigenvalue weighted by atomic mass is 14.9. The first-order valence-electron chi connectivity index (χ1n) is 6.00. The zero-order valence-corrected chi connectivity index (χ0v) is 9.92. The van der Waals surface area contributed by atoms with Crippen LogP contribution in [-0.4, -0.2) is 17.6 Å². The van der Waals surface area contributed by atoms with Crippen LogP contribution in [0, 0.1) is 6.92 Å². The monoisotopic (exact) mass is 216 g/mol. The van der Waals surface area contributed by atoms with Crippen LogP contribution >= 0.6 is 0 Å². The van der Waals surface area contributed by atoms with E-state index < -0.39 is 0 Å². The number of H-pyrrole nitrogens is 1. The summed E-state index contributed by atoms with van der Waals surface area (Å²) in [6.07, 6.45) is 9.99. The Morgan fingerprint density at radius 2 is 2.44 bits per heavy atom. The van der Waals surface area contributed by atoms with Crippen LogP contribution in [0.4, 0.5) is 0 Å². The van der Waals surface area contributed by atoms with Gasteiger partial charge < -0.3 is 10.3 Å². The van der Waals surface area contributed by atoms with Gasteiger partial charge >= 0.3 is 0 Å². The van der Waals surface area contributed by atoms with Gasteiger partial charge in [0.25, 0.3) is 0 Å². The average Bonchev–Trinajstić information content (AvgIpc) is 2.61. The summed E-state index contributed by atoms with van der Waals surface area (Å²) in [5.41, 5.74) is 3.84. The third-order valence-electron chi connectivity index (χ3n) is 3.31. The van der Waals surface area contributed by atoms with Gasteiger partial charge in [-0.15, -0.1) is 0 Å². The molecule has 1 fully saturated rings. The molecular formula is C14H20N2. The van der Waals surface area contributed by atoms with Crippen molar-refractivity contribution in [3.8, 4) is 0 Å². The number of aryl methyl sites for hydroxylation is 1. The minimum absolute atomic E-state index is 0.729. The minimum atomic E-state index is 0.729. The molecule has 0 atom stereocenters. The van der Waals surface area contributed by atoms with E-state index in [0.29, 0.717) is 0 Å². The molecule has 0 amide bonds. The van der Waals surface area contributed by atoms with E-state index in [1.807, 2.05) is 12.3 Å². The Kier molecular flexibility index (Phi) is 3.62. The van der Waals surface area contributed by atoms with Gasteiger partial charge in [-0.3, -0.25) is 0 Å². The Bertz CT molecular complexity index is 383. The number of aromatic amines is 1. The van der Waals surface area contributed by atoms with E-state index in [-0.39, 0.29) is 0 Å². The summed E-state index contributed by atoms with van der Waals surface area (Å²) in [4.78, 5) is 3.22. The van der Waals surface area contributed by atoms with Gasteiger partial charge in [-0.05, 0) is 37.0 Å². The van der Waals surface area contributed by atoms with Crippen LogP contribution in [0.1, 0.15) is 30.5 Å². The van der Waals surface area contributed by atoms with Crippen molar-refractivity contribution in [1.29, 1.82) is 0 Å². The van der Waals surface area contributed by atoms with E-state index >= 15 is 0 Å². The predicted octanol–water partition coefficient (Wildman–Crippen LogP) is 3.03. The summed E-state index contributed by atoms with van der Waals surface area (Å²) < 4.78 is 0. The van der Waals surface area contributed by atoms with Crippen molar-refractivity contribution < 1.29 is 0 Å². The minimum Gasteiger partial charge on any atom is -0.365 e. The summed E-state index contributed by atoms with van der Waals surface area (Å²) in [7, 11) is 0. The fourth-order valence-corrected chi connectivity index (χ4v) is 2.05. The number of hydrogen-bond donors (Lipinski definition) is 2. The fraction of sp³-hybridized carbons (Fsp3) is 0.429. The third kappa shape index (κ3) is 2.45. The number of hydrogen-bond acceptors (Lipinski definition) is 1. The predicted molar refractivity (Wildman–Crippen MR) is 69.3 cm³/mol. The molecule has 0 unspecified atom stereocenters. The van der Waals surface area contributed by atoms with E-state index in [0.717, 1.165) is 12.6 Å². The second-order valence-corrected chi connectivity index (χ2v) is 4.45. The van der Waals surface area contributed by atoms with E-state index in [4.69, 9.17) is 0 Å².